The molecule has 0 bridgehead atoms. The fourth-order valence-corrected chi connectivity index (χ4v) is 13.5. The van der Waals surface area contributed by atoms with E-state index in [1.54, 1.807) is 0 Å². The highest BCUT2D eigenvalue weighted by molar-refractivity contribution is 7.20. The summed E-state index contributed by atoms with van der Waals surface area (Å²) in [6, 6.07) is 91.7. The summed E-state index contributed by atoms with van der Waals surface area (Å²) in [7, 11) is -2.99. The fraction of sp³-hybridized carbons (Fsp3) is 0. The molecule has 0 unspecified atom stereocenters. The third kappa shape index (κ3) is 7.55. The van der Waals surface area contributed by atoms with E-state index in [9.17, 15) is 0 Å². The summed E-state index contributed by atoms with van der Waals surface area (Å²) in [5.74, 6) is 0. The zero-order valence-corrected chi connectivity index (χ0v) is 34.6. The Morgan fingerprint density at radius 3 is 0.803 bits per heavy atom. The predicted octanol–water partition coefficient (Wildman–Crippen LogP) is 11.9. The molecule has 3 heteroatoms. The van der Waals surface area contributed by atoms with Crippen LogP contribution < -0.4 is 20.7 Å². The lowest BCUT2D eigenvalue weighted by atomic mass is 10.00. The average Bonchev–Trinajstić information content (AvgIpc) is 3.36. The van der Waals surface area contributed by atoms with Crippen molar-refractivity contribution in [3.63, 3.8) is 0 Å². The highest BCUT2D eigenvalue weighted by Crippen LogP contribution is 2.32. The number of aromatic nitrogens is 2. The van der Waals surface area contributed by atoms with Gasteiger partial charge in [0, 0.05) is 22.3 Å². The van der Waals surface area contributed by atoms with Crippen LogP contribution in [-0.4, -0.2) is 18.0 Å². The molecular formula is C58H42N2Si. The quantitative estimate of drug-likeness (QED) is 0.102. The number of benzene rings is 8. The van der Waals surface area contributed by atoms with Crippen molar-refractivity contribution in [1.82, 2.24) is 9.97 Å². The van der Waals surface area contributed by atoms with Crippen molar-refractivity contribution in [2.75, 3.05) is 0 Å². The van der Waals surface area contributed by atoms with Gasteiger partial charge in [-0.15, -0.1) is 0 Å². The molecule has 0 aliphatic rings. The highest BCUT2D eigenvalue weighted by atomic mass is 28.3. The van der Waals surface area contributed by atoms with Gasteiger partial charge in [0.2, 0.25) is 0 Å². The molecule has 8 aromatic carbocycles. The number of nitrogens with zero attached hydrogens (tertiary/aromatic N) is 2. The third-order valence-corrected chi connectivity index (χ3v) is 16.4. The molecule has 10 rings (SSSR count). The van der Waals surface area contributed by atoms with Gasteiger partial charge in [0.05, 0.1) is 22.8 Å². The Morgan fingerprint density at radius 2 is 0.459 bits per heavy atom. The van der Waals surface area contributed by atoms with Gasteiger partial charge < -0.3 is 0 Å². The van der Waals surface area contributed by atoms with Crippen molar-refractivity contribution < 1.29 is 0 Å². The minimum absolute atomic E-state index is 0.940. The van der Waals surface area contributed by atoms with Crippen LogP contribution in [0, 0.1) is 0 Å². The van der Waals surface area contributed by atoms with Crippen LogP contribution in [0.3, 0.4) is 0 Å². The van der Waals surface area contributed by atoms with Gasteiger partial charge in [0.15, 0.2) is 8.07 Å². The largest absolute Gasteiger partial charge is 0.248 e. The molecule has 0 spiro atoms. The molecule has 10 aromatic rings. The average molecular weight is 795 g/mol. The Labute approximate surface area is 359 Å². The van der Waals surface area contributed by atoms with Crippen molar-refractivity contribution in [3.05, 3.63) is 255 Å². The number of rotatable bonds is 10. The van der Waals surface area contributed by atoms with Gasteiger partial charge in [-0.2, -0.15) is 0 Å². The first-order valence-electron chi connectivity index (χ1n) is 20.8. The molecule has 0 saturated carbocycles. The van der Waals surface area contributed by atoms with E-state index in [0.29, 0.717) is 0 Å². The summed E-state index contributed by atoms with van der Waals surface area (Å²) in [5, 5.41) is 5.18. The molecule has 0 saturated heterocycles. The molecule has 2 aromatic heterocycles. The summed E-state index contributed by atoms with van der Waals surface area (Å²) < 4.78 is 0. The fourth-order valence-electron chi connectivity index (χ4n) is 8.66. The van der Waals surface area contributed by atoms with E-state index in [0.717, 1.165) is 67.3 Å². The van der Waals surface area contributed by atoms with Crippen LogP contribution in [0.15, 0.2) is 255 Å². The summed E-state index contributed by atoms with van der Waals surface area (Å²) >= 11 is 0. The lowest BCUT2D eigenvalue weighted by Gasteiger charge is -2.35. The van der Waals surface area contributed by atoms with Crippen molar-refractivity contribution in [3.8, 4) is 67.3 Å². The SMILES string of the molecule is c1ccc(-c2cc(-c3ccccc3)nc(-c3cccc([Si](c4ccccc4)(c4ccccc4)c4cccc(-c5cc(-c6ccccc6)cc(-c6ccccc6)n5)c4)c3)c2)cc1. The van der Waals surface area contributed by atoms with E-state index in [-0.39, 0.29) is 0 Å². The first-order chi connectivity index (χ1) is 30.2. The van der Waals surface area contributed by atoms with Gasteiger partial charge in [0.25, 0.3) is 0 Å². The molecule has 0 radical (unpaired) electrons. The van der Waals surface area contributed by atoms with Crippen LogP contribution in [0.4, 0.5) is 0 Å². The maximum absolute atomic E-state index is 5.37. The van der Waals surface area contributed by atoms with Crippen LogP contribution >= 0.6 is 0 Å². The Bertz CT molecular complexity index is 2720. The summed E-state index contributed by atoms with van der Waals surface area (Å²) in [4.78, 5) is 10.7. The molecule has 0 fully saturated rings. The minimum Gasteiger partial charge on any atom is -0.248 e. The van der Waals surface area contributed by atoms with Gasteiger partial charge in [-0.05, 0) is 67.3 Å². The molecule has 0 N–H and O–H groups in total. The van der Waals surface area contributed by atoms with Crippen LogP contribution in [0.5, 0.6) is 0 Å². The Balaban J connectivity index is 1.20. The lowest BCUT2D eigenvalue weighted by molar-refractivity contribution is 1.32. The Morgan fingerprint density at radius 1 is 0.197 bits per heavy atom. The maximum atomic E-state index is 5.37. The van der Waals surface area contributed by atoms with Crippen molar-refractivity contribution in [1.29, 1.82) is 0 Å². The molecular weight excluding hydrogens is 753 g/mol. The van der Waals surface area contributed by atoms with Crippen LogP contribution in [0.1, 0.15) is 0 Å². The smallest absolute Gasteiger partial charge is 0.179 e. The molecule has 0 atom stereocenters. The lowest BCUT2D eigenvalue weighted by Crippen LogP contribution is -2.74. The van der Waals surface area contributed by atoms with Crippen LogP contribution in [0.2, 0.25) is 0 Å². The second-order valence-corrected chi connectivity index (χ2v) is 19.2. The second kappa shape index (κ2) is 16.9. The monoisotopic (exact) mass is 794 g/mol. The Kier molecular flexibility index (Phi) is 10.4. The summed E-state index contributed by atoms with van der Waals surface area (Å²) in [6.45, 7) is 0. The van der Waals surface area contributed by atoms with E-state index < -0.39 is 8.07 Å². The molecule has 61 heavy (non-hydrogen) atoms. The van der Waals surface area contributed by atoms with E-state index in [4.69, 9.17) is 9.97 Å². The molecule has 0 aliphatic heterocycles. The summed E-state index contributed by atoms with van der Waals surface area (Å²) in [6.07, 6.45) is 0. The van der Waals surface area contributed by atoms with Crippen molar-refractivity contribution in [2.24, 2.45) is 0 Å². The number of pyridine rings is 2. The van der Waals surface area contributed by atoms with Gasteiger partial charge in [-0.3, -0.25) is 0 Å². The zero-order chi connectivity index (χ0) is 40.9. The first kappa shape index (κ1) is 37.5. The van der Waals surface area contributed by atoms with Gasteiger partial charge in [-0.25, -0.2) is 9.97 Å². The van der Waals surface area contributed by atoms with E-state index in [1.807, 2.05) is 0 Å². The van der Waals surface area contributed by atoms with Gasteiger partial charge in [-0.1, -0.05) is 231 Å². The molecule has 2 nitrogen and oxygen atoms in total. The highest BCUT2D eigenvalue weighted by Gasteiger charge is 2.41. The van der Waals surface area contributed by atoms with Crippen molar-refractivity contribution >= 4 is 28.8 Å². The topological polar surface area (TPSA) is 25.8 Å². The molecule has 0 amide bonds. The van der Waals surface area contributed by atoms with Crippen molar-refractivity contribution in [2.45, 2.75) is 0 Å². The number of hydrogen-bond donors (Lipinski definition) is 0. The van der Waals surface area contributed by atoms with E-state index in [1.165, 1.54) is 20.7 Å². The van der Waals surface area contributed by atoms with Crippen LogP contribution in [-0.2, 0) is 0 Å². The van der Waals surface area contributed by atoms with E-state index >= 15 is 0 Å². The molecule has 2 heterocycles. The third-order valence-electron chi connectivity index (χ3n) is 11.6. The first-order valence-corrected chi connectivity index (χ1v) is 22.8. The standard InChI is InChI=1S/C58H42N2Si/c1-7-21-43(22-8-1)49-39-55(45-25-11-3-12-26-45)59-57(41-49)47-29-19-35-53(37-47)61(51-31-15-5-16-32-51,52-33-17-6-18-34-52)54-36-20-30-48(38-54)58-42-50(44-23-9-2-10-24-44)40-56(60-58)46-27-13-4-14-28-46/h1-42H. The number of hydrogen-bond acceptors (Lipinski definition) is 2. The van der Waals surface area contributed by atoms with E-state index in [2.05, 4.69) is 255 Å². The minimum atomic E-state index is -2.99. The predicted molar refractivity (Wildman–Crippen MR) is 258 cm³/mol. The maximum Gasteiger partial charge on any atom is 0.179 e. The van der Waals surface area contributed by atoms with Gasteiger partial charge >= 0.3 is 0 Å². The Hall–Kier alpha value is -7.72. The molecule has 288 valence electrons. The summed E-state index contributed by atoms with van der Waals surface area (Å²) in [5.41, 5.74) is 12.7. The normalized spacial score (nSPS) is 11.3. The van der Waals surface area contributed by atoms with Crippen LogP contribution in [0.25, 0.3) is 67.3 Å². The second-order valence-electron chi connectivity index (χ2n) is 15.4. The molecule has 0 aliphatic carbocycles. The van der Waals surface area contributed by atoms with Gasteiger partial charge in [0.1, 0.15) is 0 Å². The zero-order valence-electron chi connectivity index (χ0n) is 33.6.